The highest BCUT2D eigenvalue weighted by Gasteiger charge is 2.18. The molecular formula is C12H10Br2O3S2. The summed E-state index contributed by atoms with van der Waals surface area (Å²) >= 11 is 8.19. The van der Waals surface area contributed by atoms with Gasteiger partial charge < -0.3 is 5.11 Å². The third-order valence-corrected chi connectivity index (χ3v) is 6.08. The minimum atomic E-state index is -3.28. The average Bonchev–Trinajstić information content (AvgIpc) is 2.66. The predicted molar refractivity (Wildman–Crippen MR) is 83.3 cm³/mol. The van der Waals surface area contributed by atoms with Gasteiger partial charge in [-0.3, -0.25) is 0 Å². The van der Waals surface area contributed by atoms with E-state index in [-0.39, 0.29) is 4.90 Å². The minimum absolute atomic E-state index is 0.203. The molecule has 1 atom stereocenters. The highest BCUT2D eigenvalue weighted by atomic mass is 79.9. The van der Waals surface area contributed by atoms with E-state index < -0.39 is 15.9 Å². The maximum Gasteiger partial charge on any atom is 0.175 e. The van der Waals surface area contributed by atoms with Crippen LogP contribution in [0.3, 0.4) is 0 Å². The molecule has 2 rings (SSSR count). The Kier molecular flexibility index (Phi) is 4.52. The van der Waals surface area contributed by atoms with Crippen LogP contribution in [0.25, 0.3) is 0 Å². The van der Waals surface area contributed by atoms with Crippen LogP contribution in [0.15, 0.2) is 42.8 Å². The van der Waals surface area contributed by atoms with Crippen molar-refractivity contribution in [2.24, 2.45) is 0 Å². The molecule has 1 N–H and O–H groups in total. The summed E-state index contributed by atoms with van der Waals surface area (Å²) in [6, 6.07) is 8.16. The van der Waals surface area contributed by atoms with Gasteiger partial charge in [0.1, 0.15) is 6.10 Å². The summed E-state index contributed by atoms with van der Waals surface area (Å²) in [5.41, 5.74) is 1.26. The van der Waals surface area contributed by atoms with Gasteiger partial charge >= 0.3 is 0 Å². The first-order valence-electron chi connectivity index (χ1n) is 5.22. The smallest absolute Gasteiger partial charge is 0.175 e. The fraction of sp³-hybridized carbons (Fsp3) is 0.167. The summed E-state index contributed by atoms with van der Waals surface area (Å²) in [5.74, 6) is 0. The van der Waals surface area contributed by atoms with E-state index in [1.54, 1.807) is 12.1 Å². The van der Waals surface area contributed by atoms with Crippen molar-refractivity contribution in [2.45, 2.75) is 11.0 Å². The van der Waals surface area contributed by atoms with Crippen LogP contribution in [0, 0.1) is 0 Å². The van der Waals surface area contributed by atoms with Crippen LogP contribution in [-0.2, 0) is 9.84 Å². The normalized spacial score (nSPS) is 13.5. The quantitative estimate of drug-likeness (QED) is 0.814. The van der Waals surface area contributed by atoms with E-state index in [2.05, 4.69) is 31.9 Å². The van der Waals surface area contributed by atoms with Crippen molar-refractivity contribution in [3.63, 3.8) is 0 Å². The summed E-state index contributed by atoms with van der Waals surface area (Å²) in [4.78, 5) is 0.203. The van der Waals surface area contributed by atoms with Crippen LogP contribution in [0.2, 0.25) is 0 Å². The van der Waals surface area contributed by atoms with Gasteiger partial charge in [0.05, 0.1) is 12.5 Å². The lowest BCUT2D eigenvalue weighted by Crippen LogP contribution is -2.02. The SMILES string of the molecule is CS(=O)(=O)c1cccc(C(O)c2cc(Br)sc2Br)c1. The third-order valence-electron chi connectivity index (χ3n) is 2.58. The second-order valence-corrected chi connectivity index (χ2v) is 9.79. The Bertz CT molecular complexity index is 708. The van der Waals surface area contributed by atoms with Gasteiger partial charge in [0.2, 0.25) is 0 Å². The van der Waals surface area contributed by atoms with Gasteiger partial charge in [0.25, 0.3) is 0 Å². The molecule has 0 aliphatic heterocycles. The molecule has 3 nitrogen and oxygen atoms in total. The molecule has 0 bridgehead atoms. The molecule has 0 radical (unpaired) electrons. The highest BCUT2D eigenvalue weighted by molar-refractivity contribution is 9.12. The first kappa shape index (κ1) is 15.2. The minimum Gasteiger partial charge on any atom is -0.384 e. The van der Waals surface area contributed by atoms with Crippen molar-refractivity contribution in [2.75, 3.05) is 6.26 Å². The van der Waals surface area contributed by atoms with Gasteiger partial charge in [-0.2, -0.15) is 0 Å². The van der Waals surface area contributed by atoms with Crippen molar-refractivity contribution in [1.82, 2.24) is 0 Å². The average molecular weight is 426 g/mol. The topological polar surface area (TPSA) is 54.4 Å². The maximum atomic E-state index is 11.5. The number of hydrogen-bond acceptors (Lipinski definition) is 4. The van der Waals surface area contributed by atoms with Crippen LogP contribution in [0.5, 0.6) is 0 Å². The third kappa shape index (κ3) is 3.46. The van der Waals surface area contributed by atoms with Crippen molar-refractivity contribution in [1.29, 1.82) is 0 Å². The van der Waals surface area contributed by atoms with E-state index in [4.69, 9.17) is 0 Å². The van der Waals surface area contributed by atoms with Gasteiger partial charge in [0.15, 0.2) is 9.84 Å². The molecule has 1 aromatic heterocycles. The van der Waals surface area contributed by atoms with Gasteiger partial charge in [-0.15, -0.1) is 11.3 Å². The zero-order valence-corrected chi connectivity index (χ0v) is 14.6. The molecule has 19 heavy (non-hydrogen) atoms. The molecule has 0 aliphatic carbocycles. The fourth-order valence-corrected chi connectivity index (χ4v) is 5.19. The number of hydrogen-bond donors (Lipinski definition) is 1. The van der Waals surface area contributed by atoms with E-state index in [0.717, 1.165) is 13.8 Å². The Hall–Kier alpha value is -0.210. The van der Waals surface area contributed by atoms with E-state index >= 15 is 0 Å². The van der Waals surface area contributed by atoms with Gasteiger partial charge in [-0.05, 0) is 55.6 Å². The summed E-state index contributed by atoms with van der Waals surface area (Å²) in [6.45, 7) is 0. The van der Waals surface area contributed by atoms with Crippen LogP contribution in [-0.4, -0.2) is 19.8 Å². The second-order valence-electron chi connectivity index (χ2n) is 4.03. The van der Waals surface area contributed by atoms with Gasteiger partial charge in [-0.1, -0.05) is 12.1 Å². The van der Waals surface area contributed by atoms with E-state index in [0.29, 0.717) is 11.1 Å². The lowest BCUT2D eigenvalue weighted by molar-refractivity contribution is 0.220. The van der Waals surface area contributed by atoms with Gasteiger partial charge in [0, 0.05) is 11.8 Å². The summed E-state index contributed by atoms with van der Waals surface area (Å²) < 4.78 is 24.8. The highest BCUT2D eigenvalue weighted by Crippen LogP contribution is 2.38. The van der Waals surface area contributed by atoms with Crippen LogP contribution < -0.4 is 0 Å². The molecule has 0 saturated heterocycles. The number of benzene rings is 1. The molecule has 1 unspecified atom stereocenters. The molecule has 0 aliphatic rings. The molecular weight excluding hydrogens is 416 g/mol. The largest absolute Gasteiger partial charge is 0.384 e. The number of sulfone groups is 1. The first-order valence-corrected chi connectivity index (χ1v) is 9.51. The van der Waals surface area contributed by atoms with Crippen LogP contribution >= 0.6 is 43.2 Å². The molecule has 102 valence electrons. The molecule has 2 aromatic rings. The Morgan fingerprint density at radius 2 is 1.95 bits per heavy atom. The van der Waals surface area contributed by atoms with Crippen molar-refractivity contribution in [3.05, 3.63) is 49.0 Å². The lowest BCUT2D eigenvalue weighted by atomic mass is 10.0. The standard InChI is InChI=1S/C12H10Br2O3S2/c1-19(16,17)8-4-2-3-7(5-8)11(15)9-6-10(13)18-12(9)14/h2-6,11,15H,1H3. The Morgan fingerprint density at radius 3 is 2.47 bits per heavy atom. The molecule has 0 saturated carbocycles. The maximum absolute atomic E-state index is 11.5. The predicted octanol–water partition coefficient (Wildman–Crippen LogP) is 3.76. The molecule has 0 amide bonds. The zero-order valence-electron chi connectivity index (χ0n) is 9.80. The van der Waals surface area contributed by atoms with Gasteiger partial charge in [-0.25, -0.2) is 8.42 Å². The van der Waals surface area contributed by atoms with E-state index in [1.165, 1.54) is 23.5 Å². The number of aliphatic hydroxyl groups is 1. The van der Waals surface area contributed by atoms with Crippen LogP contribution in [0.4, 0.5) is 0 Å². The second kappa shape index (κ2) is 5.65. The number of rotatable bonds is 3. The fourth-order valence-electron chi connectivity index (χ4n) is 1.63. The lowest BCUT2D eigenvalue weighted by Gasteiger charge is -2.11. The molecule has 1 heterocycles. The Balaban J connectivity index is 2.45. The Morgan fingerprint density at radius 1 is 1.26 bits per heavy atom. The van der Waals surface area contributed by atoms with E-state index in [1.807, 2.05) is 6.07 Å². The zero-order chi connectivity index (χ0) is 14.2. The summed E-state index contributed by atoms with van der Waals surface area (Å²) in [6.07, 6.45) is 0.286. The summed E-state index contributed by atoms with van der Waals surface area (Å²) in [5, 5.41) is 10.3. The number of thiophene rings is 1. The van der Waals surface area contributed by atoms with Crippen molar-refractivity contribution >= 4 is 53.0 Å². The summed E-state index contributed by atoms with van der Waals surface area (Å²) in [7, 11) is -3.28. The van der Waals surface area contributed by atoms with E-state index in [9.17, 15) is 13.5 Å². The number of halogens is 2. The molecule has 0 fully saturated rings. The molecule has 0 spiro atoms. The Labute approximate surface area is 132 Å². The monoisotopic (exact) mass is 424 g/mol. The molecule has 1 aromatic carbocycles. The van der Waals surface area contributed by atoms with Crippen LogP contribution in [0.1, 0.15) is 17.2 Å². The first-order chi connectivity index (χ1) is 8.79. The van der Waals surface area contributed by atoms with Crippen molar-refractivity contribution < 1.29 is 13.5 Å². The molecule has 7 heteroatoms. The van der Waals surface area contributed by atoms with Crippen molar-refractivity contribution in [3.8, 4) is 0 Å². The number of aliphatic hydroxyl groups excluding tert-OH is 1.